The fourth-order valence-electron chi connectivity index (χ4n) is 3.54. The summed E-state index contributed by atoms with van der Waals surface area (Å²) >= 11 is 5.11. The molecule has 0 radical (unpaired) electrons. The molecular weight excluding hydrogens is 425 g/mol. The zero-order valence-corrected chi connectivity index (χ0v) is 22.5. The van der Waals surface area contributed by atoms with Crippen LogP contribution in [0.2, 0.25) is 0 Å². The summed E-state index contributed by atoms with van der Waals surface area (Å²) in [4.78, 5) is 21.8. The number of amides is 1. The molecule has 1 amide bonds. The first-order valence-electron chi connectivity index (χ1n) is 13.1. The molecule has 1 unspecified atom stereocenters. The Hall–Kier alpha value is 0.0400. The van der Waals surface area contributed by atoms with Crippen molar-refractivity contribution < 1.29 is 14.2 Å². The highest BCUT2D eigenvalue weighted by Crippen LogP contribution is 2.47. The van der Waals surface area contributed by atoms with Gasteiger partial charge in [0.15, 0.2) is 6.49 Å². The fraction of sp³-hybridized carbons (Fsp3) is 0.960. The van der Waals surface area contributed by atoms with Gasteiger partial charge in [0, 0.05) is 18.6 Å². The summed E-state index contributed by atoms with van der Waals surface area (Å²) in [5.74, 6) is 0.198. The minimum absolute atomic E-state index is 0.0209. The standard InChI is InChI=1S/C25H52NO3PS/c1-4-5-6-7-8-9-10-11-12-13-14-15-18-21-25(27)26-22-19-16-17-20-23-29-30(28,31)24(2)3/h24H,4-23H2,1-3H3,(H,26,27)(H,28,31). The normalized spacial score (nSPS) is 13.5. The van der Waals surface area contributed by atoms with Crippen molar-refractivity contribution in [1.29, 1.82) is 0 Å². The third-order valence-electron chi connectivity index (χ3n) is 5.83. The molecule has 0 heterocycles. The molecule has 31 heavy (non-hydrogen) atoms. The number of unbranched alkanes of at least 4 members (excludes halogenated alkanes) is 15. The smallest absolute Gasteiger partial charge is 0.219 e. The van der Waals surface area contributed by atoms with Crippen molar-refractivity contribution in [2.24, 2.45) is 0 Å². The van der Waals surface area contributed by atoms with Crippen LogP contribution in [0.4, 0.5) is 0 Å². The predicted octanol–water partition coefficient (Wildman–Crippen LogP) is 7.87. The van der Waals surface area contributed by atoms with Crippen LogP contribution in [-0.4, -0.2) is 29.6 Å². The van der Waals surface area contributed by atoms with Crippen molar-refractivity contribution in [3.8, 4) is 0 Å². The summed E-state index contributed by atoms with van der Waals surface area (Å²) in [7, 11) is 0. The van der Waals surface area contributed by atoms with Crippen LogP contribution in [0.1, 0.15) is 136 Å². The first kappa shape index (κ1) is 31.0. The third kappa shape index (κ3) is 21.6. The average Bonchev–Trinajstić information content (AvgIpc) is 2.73. The molecule has 186 valence electrons. The SMILES string of the molecule is CCCCCCCCCCCCCCCC(=O)NCCCCCCOP(O)(=S)C(C)C. The van der Waals surface area contributed by atoms with Crippen LogP contribution in [0.3, 0.4) is 0 Å². The molecule has 0 rings (SSSR count). The molecule has 0 aliphatic carbocycles. The summed E-state index contributed by atoms with van der Waals surface area (Å²) in [6, 6.07) is 0. The molecule has 4 nitrogen and oxygen atoms in total. The van der Waals surface area contributed by atoms with E-state index in [-0.39, 0.29) is 11.6 Å². The average molecular weight is 478 g/mol. The Kier molecular flexibility index (Phi) is 21.9. The van der Waals surface area contributed by atoms with Gasteiger partial charge in [-0.1, -0.05) is 111 Å². The highest BCUT2D eigenvalue weighted by Gasteiger charge is 2.18. The zero-order valence-electron chi connectivity index (χ0n) is 20.8. The minimum Gasteiger partial charge on any atom is -0.356 e. The highest BCUT2D eigenvalue weighted by atomic mass is 32.5. The van der Waals surface area contributed by atoms with E-state index >= 15 is 0 Å². The molecule has 0 fully saturated rings. The summed E-state index contributed by atoms with van der Waals surface area (Å²) in [6.45, 7) is 4.79. The summed E-state index contributed by atoms with van der Waals surface area (Å²) in [5.41, 5.74) is 0.0209. The van der Waals surface area contributed by atoms with Crippen LogP contribution in [0, 0.1) is 0 Å². The lowest BCUT2D eigenvalue weighted by Crippen LogP contribution is -2.23. The molecular formula is C25H52NO3PS. The van der Waals surface area contributed by atoms with Gasteiger partial charge in [-0.25, -0.2) is 0 Å². The largest absolute Gasteiger partial charge is 0.356 e. The van der Waals surface area contributed by atoms with Gasteiger partial charge in [0.2, 0.25) is 5.91 Å². The first-order chi connectivity index (χ1) is 14.9. The fourth-order valence-corrected chi connectivity index (χ4v) is 4.46. The van der Waals surface area contributed by atoms with E-state index in [9.17, 15) is 9.69 Å². The lowest BCUT2D eigenvalue weighted by molar-refractivity contribution is -0.121. The maximum atomic E-state index is 11.9. The summed E-state index contributed by atoms with van der Waals surface area (Å²) < 4.78 is 5.46. The van der Waals surface area contributed by atoms with Crippen LogP contribution in [0.15, 0.2) is 0 Å². The third-order valence-corrected chi connectivity index (χ3v) is 9.27. The lowest BCUT2D eigenvalue weighted by atomic mass is 10.0. The van der Waals surface area contributed by atoms with Gasteiger partial charge in [-0.15, -0.1) is 0 Å². The molecule has 0 bridgehead atoms. The van der Waals surface area contributed by atoms with Gasteiger partial charge in [0.1, 0.15) is 0 Å². The number of carbonyl (C=O) groups is 1. The van der Waals surface area contributed by atoms with E-state index in [4.69, 9.17) is 16.3 Å². The van der Waals surface area contributed by atoms with Crippen molar-refractivity contribution in [2.75, 3.05) is 13.2 Å². The maximum Gasteiger partial charge on any atom is 0.219 e. The van der Waals surface area contributed by atoms with Gasteiger partial charge in [-0.3, -0.25) is 4.79 Å². The van der Waals surface area contributed by atoms with Gasteiger partial charge in [-0.2, -0.15) is 0 Å². The second-order valence-electron chi connectivity index (χ2n) is 9.25. The number of nitrogens with one attached hydrogen (secondary N) is 1. The Labute approximate surface area is 198 Å². The Bertz CT molecular complexity index is 460. The molecule has 0 saturated heterocycles. The van der Waals surface area contributed by atoms with Gasteiger partial charge < -0.3 is 14.7 Å². The number of hydrogen-bond acceptors (Lipinski definition) is 3. The zero-order chi connectivity index (χ0) is 23.2. The Morgan fingerprint density at radius 3 is 1.77 bits per heavy atom. The quantitative estimate of drug-likeness (QED) is 0.116. The van der Waals surface area contributed by atoms with Gasteiger partial charge in [-0.05, 0) is 31.1 Å². The summed E-state index contributed by atoms with van der Waals surface area (Å²) in [6.07, 6.45) is 22.0. The van der Waals surface area contributed by atoms with Gasteiger partial charge in [0.05, 0.1) is 6.61 Å². The molecule has 2 N–H and O–H groups in total. The van der Waals surface area contributed by atoms with E-state index in [0.29, 0.717) is 13.0 Å². The molecule has 0 aromatic carbocycles. The Morgan fingerprint density at radius 1 is 0.806 bits per heavy atom. The van der Waals surface area contributed by atoms with E-state index in [0.717, 1.165) is 38.6 Å². The molecule has 0 saturated carbocycles. The molecule has 6 heteroatoms. The van der Waals surface area contributed by atoms with Gasteiger partial charge >= 0.3 is 0 Å². The second-order valence-corrected chi connectivity index (χ2v) is 13.2. The first-order valence-corrected chi connectivity index (χ1v) is 15.9. The molecule has 0 aliphatic heterocycles. The molecule has 0 aliphatic rings. The predicted molar refractivity (Wildman–Crippen MR) is 139 cm³/mol. The highest BCUT2D eigenvalue weighted by molar-refractivity contribution is 8.09. The van der Waals surface area contributed by atoms with Crippen LogP contribution < -0.4 is 5.32 Å². The molecule has 0 aromatic heterocycles. The van der Waals surface area contributed by atoms with Crippen molar-refractivity contribution in [2.45, 2.75) is 142 Å². The van der Waals surface area contributed by atoms with Crippen molar-refractivity contribution in [3.63, 3.8) is 0 Å². The Balaban J connectivity index is 3.28. The van der Waals surface area contributed by atoms with Crippen LogP contribution >= 0.6 is 6.49 Å². The molecule has 0 spiro atoms. The van der Waals surface area contributed by atoms with Crippen LogP contribution in [0.5, 0.6) is 0 Å². The minimum atomic E-state index is -2.59. The van der Waals surface area contributed by atoms with Crippen molar-refractivity contribution in [3.05, 3.63) is 0 Å². The van der Waals surface area contributed by atoms with E-state index < -0.39 is 6.49 Å². The maximum absolute atomic E-state index is 11.9. The monoisotopic (exact) mass is 477 g/mol. The topological polar surface area (TPSA) is 58.6 Å². The number of carbonyl (C=O) groups excluding carboxylic acids is 1. The van der Waals surface area contributed by atoms with Crippen LogP contribution in [-0.2, 0) is 21.1 Å². The van der Waals surface area contributed by atoms with Crippen LogP contribution in [0.25, 0.3) is 0 Å². The lowest BCUT2D eigenvalue weighted by Gasteiger charge is -2.19. The molecule has 0 aromatic rings. The van der Waals surface area contributed by atoms with Gasteiger partial charge in [0.25, 0.3) is 0 Å². The number of hydrogen-bond donors (Lipinski definition) is 2. The summed E-state index contributed by atoms with van der Waals surface area (Å²) in [5, 5.41) is 3.03. The van der Waals surface area contributed by atoms with E-state index in [1.54, 1.807) is 0 Å². The van der Waals surface area contributed by atoms with Crippen molar-refractivity contribution in [1.82, 2.24) is 5.32 Å². The molecule has 1 atom stereocenters. The van der Waals surface area contributed by atoms with E-state index in [2.05, 4.69) is 12.2 Å². The van der Waals surface area contributed by atoms with E-state index in [1.807, 2.05) is 13.8 Å². The second kappa shape index (κ2) is 21.9. The number of rotatable bonds is 23. The Morgan fingerprint density at radius 2 is 1.26 bits per heavy atom. The van der Waals surface area contributed by atoms with E-state index in [1.165, 1.54) is 77.0 Å². The van der Waals surface area contributed by atoms with Crippen molar-refractivity contribution >= 4 is 24.2 Å².